The highest BCUT2D eigenvalue weighted by molar-refractivity contribution is 5.92. The van der Waals surface area contributed by atoms with Crippen LogP contribution in [0.2, 0.25) is 0 Å². The van der Waals surface area contributed by atoms with Crippen molar-refractivity contribution in [2.24, 2.45) is 0 Å². The number of nitrogens with one attached hydrogen (secondary N) is 1. The Morgan fingerprint density at radius 3 is 2.92 bits per heavy atom. The molecule has 0 aliphatic carbocycles. The van der Waals surface area contributed by atoms with E-state index in [4.69, 9.17) is 19.4 Å². The number of piperazine rings is 1. The van der Waals surface area contributed by atoms with Crippen LogP contribution in [0.5, 0.6) is 11.9 Å². The topological polar surface area (TPSA) is 99.7 Å². The molecule has 3 aliphatic heterocycles. The second-order valence-electron chi connectivity index (χ2n) is 10.7. The summed E-state index contributed by atoms with van der Waals surface area (Å²) in [5, 5.41) is 8.30. The largest absolute Gasteiger partial charge is 0.462 e. The van der Waals surface area contributed by atoms with Gasteiger partial charge >= 0.3 is 6.01 Å². The molecule has 3 aromatic rings. The van der Waals surface area contributed by atoms with Crippen molar-refractivity contribution < 1.29 is 14.3 Å². The molecule has 1 amide bonds. The second kappa shape index (κ2) is 10.3. The Bertz CT molecular complexity index is 1450. The summed E-state index contributed by atoms with van der Waals surface area (Å²) in [5.41, 5.74) is 3.99. The van der Waals surface area contributed by atoms with Crippen LogP contribution in [0.4, 0.5) is 5.82 Å². The van der Waals surface area contributed by atoms with Gasteiger partial charge in [-0.25, -0.2) is 0 Å². The van der Waals surface area contributed by atoms with Crippen LogP contribution in [0, 0.1) is 6.92 Å². The lowest BCUT2D eigenvalue weighted by Gasteiger charge is -2.41. The third kappa shape index (κ3) is 4.73. The molecule has 10 nitrogen and oxygen atoms in total. The molecule has 2 atom stereocenters. The zero-order chi connectivity index (χ0) is 27.1. The summed E-state index contributed by atoms with van der Waals surface area (Å²) >= 11 is 0. The number of nitrogens with zero attached hydrogens (tertiary/aromatic N) is 6. The monoisotopic (exact) mass is 529 g/mol. The van der Waals surface area contributed by atoms with E-state index in [0.717, 1.165) is 52.1 Å². The maximum Gasteiger partial charge on any atom is 0.321 e. The number of aromatic nitrogens is 4. The van der Waals surface area contributed by atoms with Gasteiger partial charge < -0.3 is 24.2 Å². The van der Waals surface area contributed by atoms with Crippen molar-refractivity contribution in [1.82, 2.24) is 30.0 Å². The molecule has 39 heavy (non-hydrogen) atoms. The Hall–Kier alpha value is -3.92. The quantitative estimate of drug-likeness (QED) is 0.486. The molecule has 0 unspecified atom stereocenters. The first-order valence-electron chi connectivity index (χ1n) is 13.7. The van der Waals surface area contributed by atoms with E-state index in [1.165, 1.54) is 12.5 Å². The summed E-state index contributed by atoms with van der Waals surface area (Å²) in [7, 11) is 2.13. The molecule has 0 radical (unpaired) electrons. The standard InChI is InChI=1S/C29H35N7O3/c1-5-25(37)35-13-14-36(19(3)16-35)27-21-9-11-24(26-18(2)8-10-23-22(26)15-30-33-23)39-28(21)32-29(31-27)38-17-20-7-6-12-34(20)4/h5,8,10-11,15,19-20H,1,6-7,9,12-14,16-17H2,2-4H3,(H,30,33)/t19-,20-/m0/s1. The Morgan fingerprint density at radius 1 is 1.28 bits per heavy atom. The number of anilines is 1. The number of amides is 1. The molecule has 1 N–H and O–H groups in total. The molecule has 1 aromatic carbocycles. The van der Waals surface area contributed by atoms with E-state index in [-0.39, 0.29) is 11.9 Å². The first kappa shape index (κ1) is 25.4. The van der Waals surface area contributed by atoms with Gasteiger partial charge in [0.25, 0.3) is 0 Å². The number of rotatable bonds is 6. The lowest BCUT2D eigenvalue weighted by Crippen LogP contribution is -2.54. The Morgan fingerprint density at radius 2 is 2.15 bits per heavy atom. The molecule has 2 fully saturated rings. The highest BCUT2D eigenvalue weighted by Gasteiger charge is 2.32. The van der Waals surface area contributed by atoms with Gasteiger partial charge in [-0.15, -0.1) is 0 Å². The molecule has 0 spiro atoms. The predicted octanol–water partition coefficient (Wildman–Crippen LogP) is 3.33. The van der Waals surface area contributed by atoms with Gasteiger partial charge in [0.2, 0.25) is 11.8 Å². The number of hydrogen-bond donors (Lipinski definition) is 1. The van der Waals surface area contributed by atoms with E-state index < -0.39 is 0 Å². The zero-order valence-electron chi connectivity index (χ0n) is 22.8. The van der Waals surface area contributed by atoms with Gasteiger partial charge in [-0.2, -0.15) is 15.1 Å². The fraction of sp³-hybridized carbons (Fsp3) is 0.448. The summed E-state index contributed by atoms with van der Waals surface area (Å²) in [6.45, 7) is 11.3. The Kier molecular flexibility index (Phi) is 6.72. The molecule has 0 saturated carbocycles. The highest BCUT2D eigenvalue weighted by atomic mass is 16.5. The minimum atomic E-state index is -0.0457. The summed E-state index contributed by atoms with van der Waals surface area (Å²) in [5.74, 6) is 2.04. The van der Waals surface area contributed by atoms with Crippen molar-refractivity contribution in [2.45, 2.75) is 45.2 Å². The number of carbonyl (C=O) groups excluding carboxylic acids is 1. The molecular weight excluding hydrogens is 494 g/mol. The van der Waals surface area contributed by atoms with E-state index in [1.54, 1.807) is 0 Å². The molecule has 204 valence electrons. The van der Waals surface area contributed by atoms with Gasteiger partial charge in [0.1, 0.15) is 18.2 Å². The van der Waals surface area contributed by atoms with Gasteiger partial charge in [-0.05, 0) is 64.1 Å². The number of benzene rings is 1. The van der Waals surface area contributed by atoms with Crippen molar-refractivity contribution in [1.29, 1.82) is 0 Å². The summed E-state index contributed by atoms with van der Waals surface area (Å²) in [6, 6.07) is 4.82. The molecule has 2 saturated heterocycles. The number of hydrogen-bond acceptors (Lipinski definition) is 8. The van der Waals surface area contributed by atoms with Gasteiger partial charge in [0.15, 0.2) is 0 Å². The lowest BCUT2D eigenvalue weighted by molar-refractivity contribution is -0.126. The van der Waals surface area contributed by atoms with Crippen LogP contribution in [0.15, 0.2) is 37.1 Å². The molecule has 6 rings (SSSR count). The zero-order valence-corrected chi connectivity index (χ0v) is 22.8. The maximum absolute atomic E-state index is 12.3. The Labute approximate surface area is 228 Å². The number of aromatic amines is 1. The Balaban J connectivity index is 1.34. The third-order valence-corrected chi connectivity index (χ3v) is 8.17. The minimum Gasteiger partial charge on any atom is -0.462 e. The maximum atomic E-state index is 12.3. The number of H-pyrrole nitrogens is 1. The lowest BCUT2D eigenvalue weighted by atomic mass is 9.99. The summed E-state index contributed by atoms with van der Waals surface area (Å²) < 4.78 is 12.7. The number of likely N-dealkylation sites (tertiary alicyclic amines) is 1. The summed E-state index contributed by atoms with van der Waals surface area (Å²) in [4.78, 5) is 28.3. The number of fused-ring (bicyclic) bond motifs is 2. The molecule has 5 heterocycles. The van der Waals surface area contributed by atoms with Crippen LogP contribution in [0.25, 0.3) is 16.7 Å². The van der Waals surface area contributed by atoms with E-state index >= 15 is 0 Å². The van der Waals surface area contributed by atoms with Crippen molar-refractivity contribution in [3.8, 4) is 11.9 Å². The van der Waals surface area contributed by atoms with E-state index in [1.807, 2.05) is 17.2 Å². The predicted molar refractivity (Wildman–Crippen MR) is 150 cm³/mol. The molecule has 10 heteroatoms. The van der Waals surface area contributed by atoms with Gasteiger partial charge in [0, 0.05) is 49.1 Å². The van der Waals surface area contributed by atoms with Crippen LogP contribution in [0.3, 0.4) is 0 Å². The smallest absolute Gasteiger partial charge is 0.321 e. The number of likely N-dealkylation sites (N-methyl/N-ethyl adjacent to an activating group) is 1. The SMILES string of the molecule is C=CC(=O)N1CCN(c2nc(OC[C@@H]3CCCN3C)nc3c2CC=C(c2c(C)ccc4[nH]ncc24)O3)[C@@H](C)C1. The average Bonchev–Trinajstić information content (AvgIpc) is 3.59. The van der Waals surface area contributed by atoms with Gasteiger partial charge in [-0.1, -0.05) is 12.6 Å². The van der Waals surface area contributed by atoms with Crippen molar-refractivity contribution >= 4 is 28.4 Å². The number of ether oxygens (including phenoxy) is 2. The fourth-order valence-corrected chi connectivity index (χ4v) is 5.91. The normalized spacial score (nSPS) is 21.5. The highest BCUT2D eigenvalue weighted by Crippen LogP contribution is 2.39. The van der Waals surface area contributed by atoms with Gasteiger partial charge in [-0.3, -0.25) is 9.89 Å². The van der Waals surface area contributed by atoms with Gasteiger partial charge in [0.05, 0.1) is 17.3 Å². The van der Waals surface area contributed by atoms with Crippen molar-refractivity contribution in [3.63, 3.8) is 0 Å². The fourth-order valence-electron chi connectivity index (χ4n) is 5.91. The van der Waals surface area contributed by atoms with E-state index in [9.17, 15) is 4.79 Å². The molecule has 0 bridgehead atoms. The van der Waals surface area contributed by atoms with Crippen LogP contribution in [0.1, 0.15) is 36.5 Å². The van der Waals surface area contributed by atoms with Crippen LogP contribution in [-0.4, -0.2) is 87.8 Å². The van der Waals surface area contributed by atoms with Crippen LogP contribution >= 0.6 is 0 Å². The number of carbonyl (C=O) groups is 1. The molecule has 2 aromatic heterocycles. The summed E-state index contributed by atoms with van der Waals surface area (Å²) in [6.07, 6.45) is 8.20. The molecular formula is C29H35N7O3. The number of aryl methyl sites for hydroxylation is 1. The first-order chi connectivity index (χ1) is 18.9. The second-order valence-corrected chi connectivity index (χ2v) is 10.7. The van der Waals surface area contributed by atoms with Crippen LogP contribution in [-0.2, 0) is 11.2 Å². The van der Waals surface area contributed by atoms with Crippen molar-refractivity contribution in [2.75, 3.05) is 44.7 Å². The average molecular weight is 530 g/mol. The van der Waals surface area contributed by atoms with Crippen LogP contribution < -0.4 is 14.4 Å². The first-order valence-corrected chi connectivity index (χ1v) is 13.7. The van der Waals surface area contributed by atoms with E-state index in [2.05, 4.69) is 59.6 Å². The molecule has 3 aliphatic rings. The van der Waals surface area contributed by atoms with E-state index in [0.29, 0.717) is 50.6 Å². The third-order valence-electron chi connectivity index (χ3n) is 8.17. The van der Waals surface area contributed by atoms with Crippen molar-refractivity contribution in [3.05, 3.63) is 53.8 Å². The minimum absolute atomic E-state index is 0.0457. The number of allylic oxidation sites excluding steroid dienone is 1.